The van der Waals surface area contributed by atoms with Crippen molar-refractivity contribution >= 4 is 148 Å². The van der Waals surface area contributed by atoms with Crippen LogP contribution in [0.4, 0.5) is 24.3 Å². The summed E-state index contributed by atoms with van der Waals surface area (Å²) in [4.78, 5) is 2.57. The first-order chi connectivity index (χ1) is 66.2. The Morgan fingerprint density at radius 1 is 0.448 bits per heavy atom. The number of hydrogen-bond donors (Lipinski definition) is 0. The summed E-state index contributed by atoms with van der Waals surface area (Å²) in [5.74, 6) is 1.80. The predicted molar refractivity (Wildman–Crippen MR) is 626 cm³/mol. The fourth-order valence-corrected chi connectivity index (χ4v) is 35.5. The van der Waals surface area contributed by atoms with E-state index < -0.39 is 66.9 Å². The molecule has 0 radical (unpaired) electrons. The molecular formula is C122H154BCl4F4LiN3O2P2Ru2Si2+. The summed E-state index contributed by atoms with van der Waals surface area (Å²) in [6.07, 6.45) is 15.7. The Kier molecular flexibility index (Phi) is 56.3. The third kappa shape index (κ3) is 41.3. The summed E-state index contributed by atoms with van der Waals surface area (Å²) in [5.41, 5.74) is 17.8. The molecule has 762 valence electrons. The number of rotatable bonds is 22. The molecule has 143 heavy (non-hydrogen) atoms. The van der Waals surface area contributed by atoms with Crippen molar-refractivity contribution in [2.75, 3.05) is 4.90 Å². The maximum atomic E-state index is 9.67. The summed E-state index contributed by atoms with van der Waals surface area (Å²) in [6.45, 7) is 51.9. The number of hydrogen-bond acceptors (Lipinski definition) is 3. The van der Waals surface area contributed by atoms with Crippen LogP contribution in [0.15, 0.2) is 364 Å². The van der Waals surface area contributed by atoms with Crippen molar-refractivity contribution in [1.29, 1.82) is 0 Å². The zero-order valence-corrected chi connectivity index (χ0v) is 97.3. The standard InChI is InChI=1S/C23H30N.C18H28N.2C18H15P.C15H10.C12H16O.C10H12O.C6H18NSi2.2CH4.BF3.4ClH.FH.Li.2Ru/c1-6-18-12-11-13-19(7-2)21(18)24-17-23(5,16-22(24,3)4)20-14-9-8-10-15-20;1-7-14-10-9-11-15(8-2)16(14)19-13-17(3,4)12-18(19,5)6;2*1-4-10-16(11-5-1)19(17-12-6-2-7-13-17)18-14-8-3-9-15-18;1-2-6-12(7-3-1)15-11-10-13-8-4-5-9-14(13)15;1-4-7-11-8-5-6-9-12(11)13-10(2)3;1-8(2)11-10-7-5-4-6-9(10)3;1-8(2,3)7-9(4,5)6;;;2-1(3)4;;;;;;;;/h8-15,17H,6-7,16H2,1-5H3;9-11,13H,7-8,12H2,1-6H3;2*1-15H;1-9,11H;4-10H,1-3H3;3-8H,1-2H3;1-6H3;2*1H4;;5*1H;;;/q-1;+1;;;;;;-1;;;;;;;;;+1;2*+2/p-3. The SMILES string of the molecule is C.C.CC(C)Oc1ccccc1[CH]=[Ru]([Cl])[Cl].CC=Cc1ccccc1OC(C)C.CCc1cccc(CC)c1N1[CH-]C(C)(c2ccccc2)CC1(C)C.CCc1cccc(CC)c1[N+]1=CC(C)(C)CC1(C)C.C[Si](C)(C)[N-][Si](C)(C)C.FB(F)F.[Cl][Ru]([Cl])=[C]1C=C(c2ccccc2)c2ccccc21.[F-].[Li+].c1ccc([PH+](c2ccccc2)c2ccccc2)cc1.c1ccc([PH+](c2ccccc2)c2ccccc2)cc1. The van der Waals surface area contributed by atoms with Gasteiger partial charge in [0.1, 0.15) is 37.6 Å². The van der Waals surface area contributed by atoms with Crippen LogP contribution in [0.2, 0.25) is 39.3 Å². The first kappa shape index (κ1) is 127. The number of para-hydroxylation sites is 4. The Hall–Kier alpha value is -7.81. The minimum Gasteiger partial charge on any atom is -1.00 e. The van der Waals surface area contributed by atoms with Gasteiger partial charge in [0, 0.05) is 53.6 Å². The maximum Gasteiger partial charge on any atom is 1.00 e. The molecule has 0 saturated carbocycles. The molecule has 1 unspecified atom stereocenters. The zero-order chi connectivity index (χ0) is 102. The molecule has 0 spiro atoms. The number of ether oxygens (including phenoxy) is 2. The molecule has 13 aromatic rings. The van der Waals surface area contributed by atoms with E-state index in [9.17, 15) is 12.9 Å². The van der Waals surface area contributed by atoms with Crippen molar-refractivity contribution in [1.82, 2.24) is 0 Å². The van der Waals surface area contributed by atoms with Crippen LogP contribution < -0.4 is 69.8 Å². The van der Waals surface area contributed by atoms with E-state index >= 15 is 0 Å². The van der Waals surface area contributed by atoms with Crippen molar-refractivity contribution in [2.24, 2.45) is 5.41 Å². The van der Waals surface area contributed by atoms with Gasteiger partial charge in [0.2, 0.25) is 5.69 Å². The van der Waals surface area contributed by atoms with Crippen molar-refractivity contribution in [3.05, 3.63) is 431 Å². The number of fused-ring (bicyclic) bond motifs is 1. The van der Waals surface area contributed by atoms with Crippen molar-refractivity contribution in [3.63, 3.8) is 0 Å². The Labute approximate surface area is 902 Å². The second-order valence-corrected chi connectivity index (χ2v) is 64.9. The molecule has 13 aromatic carbocycles. The van der Waals surface area contributed by atoms with Crippen LogP contribution in [0.5, 0.6) is 11.5 Å². The number of allylic oxidation sites excluding steroid dienone is 2. The van der Waals surface area contributed by atoms with Crippen molar-refractivity contribution in [3.8, 4) is 11.5 Å². The van der Waals surface area contributed by atoms with Gasteiger partial charge in [-0.15, -0.1) is 5.41 Å². The number of benzene rings is 13. The number of aryl methyl sites for hydroxylation is 4. The van der Waals surface area contributed by atoms with Crippen LogP contribution in [0.3, 0.4) is 0 Å². The Bertz CT molecular complexity index is 5680. The predicted octanol–water partition coefficient (Wildman–Crippen LogP) is 27.8. The van der Waals surface area contributed by atoms with Crippen LogP contribution in [-0.4, -0.2) is 66.8 Å². The van der Waals surface area contributed by atoms with Gasteiger partial charge in [-0.3, -0.25) is 12.9 Å². The molecule has 1 fully saturated rings. The first-order valence-corrected chi connectivity index (χ1v) is 68.9. The van der Waals surface area contributed by atoms with Crippen LogP contribution in [0.25, 0.3) is 16.3 Å². The molecule has 16 rings (SSSR count). The molecule has 3 aliphatic rings. The molecule has 0 bridgehead atoms. The molecule has 21 heteroatoms. The summed E-state index contributed by atoms with van der Waals surface area (Å²) in [6, 6.07) is 124. The first-order valence-electron chi connectivity index (χ1n) is 48.2. The number of halogens is 8. The fraction of sp³-hybridized carbons (Fsp3) is 0.295. The molecule has 0 N–H and O–H groups in total. The molecule has 1 atom stereocenters. The molecular weight excluding hydrogens is 2100 g/mol. The van der Waals surface area contributed by atoms with E-state index in [4.69, 9.17) is 52.9 Å². The van der Waals surface area contributed by atoms with Crippen LogP contribution in [-0.2, 0) is 58.1 Å². The van der Waals surface area contributed by atoms with E-state index in [0.717, 1.165) is 58.8 Å². The van der Waals surface area contributed by atoms with Gasteiger partial charge in [0.15, 0.2) is 11.8 Å². The smallest absolute Gasteiger partial charge is 1.00 e. The minimum atomic E-state index is -3.67. The summed E-state index contributed by atoms with van der Waals surface area (Å²) in [5, 5.41) is 8.61. The average molecular weight is 2250 g/mol. The van der Waals surface area contributed by atoms with Gasteiger partial charge in [-0.25, -0.2) is 6.54 Å². The van der Waals surface area contributed by atoms with Gasteiger partial charge in [0.25, 0.3) is 0 Å². The quantitative estimate of drug-likeness (QED) is 0.0223. The molecule has 0 amide bonds. The molecule has 1 saturated heterocycles. The minimum absolute atomic E-state index is 0. The summed E-state index contributed by atoms with van der Waals surface area (Å²) in [7, 11) is 16.4. The van der Waals surface area contributed by atoms with Gasteiger partial charge in [0.05, 0.1) is 21.9 Å². The monoisotopic (exact) mass is 2250 g/mol. The van der Waals surface area contributed by atoms with E-state index in [1.807, 2.05) is 112 Å². The third-order valence-corrected chi connectivity index (χ3v) is 38.6. The summed E-state index contributed by atoms with van der Waals surface area (Å²) < 4.78 is 50.6. The van der Waals surface area contributed by atoms with Crippen molar-refractivity contribution < 1.29 is 77.6 Å². The Balaban J connectivity index is 0.000000341. The van der Waals surface area contributed by atoms with E-state index in [1.165, 1.54) is 99.7 Å². The third-order valence-electron chi connectivity index (χ3n) is 22.8. The zero-order valence-electron chi connectivity index (χ0n) is 86.8. The van der Waals surface area contributed by atoms with E-state index in [0.29, 0.717) is 0 Å². The largest absolute Gasteiger partial charge is 1.00 e. The van der Waals surface area contributed by atoms with Crippen LogP contribution in [0.1, 0.15) is 194 Å². The van der Waals surface area contributed by atoms with E-state index in [-0.39, 0.29) is 72.5 Å². The van der Waals surface area contributed by atoms with Crippen LogP contribution in [0, 0.1) is 12.0 Å². The van der Waals surface area contributed by atoms with E-state index in [1.54, 1.807) is 0 Å². The second kappa shape index (κ2) is 63.1. The van der Waals surface area contributed by atoms with Gasteiger partial charge in [-0.05, 0) is 157 Å². The van der Waals surface area contributed by atoms with Crippen molar-refractivity contribution in [2.45, 2.75) is 232 Å². The van der Waals surface area contributed by atoms with Gasteiger partial charge < -0.3 is 19.0 Å². The van der Waals surface area contributed by atoms with Gasteiger partial charge in [-0.1, -0.05) is 331 Å². The van der Waals surface area contributed by atoms with Crippen LogP contribution >= 0.6 is 54.6 Å². The topological polar surface area (TPSA) is 38.8 Å². The number of nitrogens with zero attached hydrogens (tertiary/aromatic N) is 3. The Morgan fingerprint density at radius 3 is 1.09 bits per heavy atom. The molecule has 2 aliphatic heterocycles. The average Bonchev–Trinajstić information content (AvgIpc) is 1.58. The normalized spacial score (nSPS) is 14.3. The second-order valence-electron chi connectivity index (χ2n) is 38.9. The molecule has 2 heterocycles. The van der Waals surface area contributed by atoms with Gasteiger partial charge in [-0.2, -0.15) is 4.58 Å². The molecule has 1 aliphatic carbocycles. The van der Waals surface area contributed by atoms with E-state index in [2.05, 4.69) is 435 Å². The summed E-state index contributed by atoms with van der Waals surface area (Å²) >= 11 is -3.65. The molecule has 5 nitrogen and oxygen atoms in total. The maximum absolute atomic E-state index is 9.67. The fourth-order valence-electron chi connectivity index (χ4n) is 18.0. The van der Waals surface area contributed by atoms with Gasteiger partial charge >= 0.3 is 244 Å². The Morgan fingerprint density at radius 2 is 0.769 bits per heavy atom. The number of anilines is 1. The molecule has 0 aromatic heterocycles.